The van der Waals surface area contributed by atoms with Crippen LogP contribution in [0.15, 0.2) is 12.3 Å². The normalized spacial score (nSPS) is 20.7. The van der Waals surface area contributed by atoms with E-state index in [0.717, 1.165) is 12.8 Å². The minimum Gasteiger partial charge on any atom is -0.503 e. The molecule has 1 aliphatic heterocycles. The molecule has 1 aromatic rings. The van der Waals surface area contributed by atoms with Crippen LogP contribution < -0.4 is 10.1 Å². The number of hydrogen-bond acceptors (Lipinski definition) is 9. The number of nitrogens with one attached hydrogen (secondary N) is 1. The predicted octanol–water partition coefficient (Wildman–Crippen LogP) is 2.55. The van der Waals surface area contributed by atoms with Gasteiger partial charge in [0, 0.05) is 31.9 Å². The number of esters is 1. The Kier molecular flexibility index (Phi) is 13.7. The Hall–Kier alpha value is -2.92. The third kappa shape index (κ3) is 10.9. The molecule has 2 unspecified atom stereocenters. The molecule has 0 spiro atoms. The number of aromatic nitrogens is 1. The van der Waals surface area contributed by atoms with Gasteiger partial charge in [-0.1, -0.05) is 27.2 Å². The van der Waals surface area contributed by atoms with Crippen LogP contribution in [0.4, 0.5) is 0 Å². The number of cyclic esters (lactones) is 1. The van der Waals surface area contributed by atoms with Gasteiger partial charge < -0.3 is 34.5 Å². The number of pyridine rings is 1. The predicted molar refractivity (Wildman–Crippen MR) is 126 cm³/mol. The fraction of sp³-hybridized carbons (Fsp3) is 0.667. The third-order valence-electron chi connectivity index (χ3n) is 5.04. The van der Waals surface area contributed by atoms with E-state index in [1.807, 2.05) is 0 Å². The van der Waals surface area contributed by atoms with Gasteiger partial charge in [-0.2, -0.15) is 0 Å². The molecule has 0 aromatic carbocycles. The van der Waals surface area contributed by atoms with Crippen LogP contribution in [0.3, 0.4) is 0 Å². The molecule has 1 amide bonds. The number of methoxy groups -OCH3 is 1. The van der Waals surface area contributed by atoms with E-state index in [0.29, 0.717) is 26.1 Å². The van der Waals surface area contributed by atoms with Crippen LogP contribution in [0, 0.1) is 5.92 Å². The van der Waals surface area contributed by atoms with Crippen molar-refractivity contribution < 1.29 is 43.5 Å². The number of carbonyl (C=O) groups is 3. The second kappa shape index (κ2) is 15.9. The number of aromatic hydroxyl groups is 1. The van der Waals surface area contributed by atoms with Crippen LogP contribution in [0.25, 0.3) is 0 Å². The minimum atomic E-state index is -1.02. The highest BCUT2D eigenvalue weighted by molar-refractivity contribution is 5.98. The maximum Gasteiger partial charge on any atom is 0.331 e. The maximum absolute atomic E-state index is 12.5. The Labute approximate surface area is 206 Å². The molecule has 1 aromatic heterocycles. The summed E-state index contributed by atoms with van der Waals surface area (Å²) in [7, 11) is 1.36. The number of unbranched alkanes of at least 4 members (excludes halogenated alkanes) is 1. The second-order valence-electron chi connectivity index (χ2n) is 8.42. The molecule has 1 aliphatic rings. The van der Waals surface area contributed by atoms with Crippen molar-refractivity contribution in [3.05, 3.63) is 18.0 Å². The van der Waals surface area contributed by atoms with E-state index in [-0.39, 0.29) is 36.2 Å². The molecular formula is C24H38N2O9. The van der Waals surface area contributed by atoms with Gasteiger partial charge in [-0.3, -0.25) is 9.59 Å². The lowest BCUT2D eigenvalue weighted by Gasteiger charge is -2.26. The van der Waals surface area contributed by atoms with E-state index in [1.54, 1.807) is 20.8 Å². The van der Waals surface area contributed by atoms with Crippen molar-refractivity contribution in [1.82, 2.24) is 10.3 Å². The van der Waals surface area contributed by atoms with Gasteiger partial charge in [0.25, 0.3) is 5.91 Å². The second-order valence-corrected chi connectivity index (χ2v) is 8.42. The number of carboxylic acids is 1. The van der Waals surface area contributed by atoms with Gasteiger partial charge in [-0.15, -0.1) is 0 Å². The summed E-state index contributed by atoms with van der Waals surface area (Å²) >= 11 is 0. The fourth-order valence-corrected chi connectivity index (χ4v) is 2.94. The molecule has 35 heavy (non-hydrogen) atoms. The molecule has 11 nitrogen and oxygen atoms in total. The number of hydrogen-bond donors (Lipinski definition) is 3. The van der Waals surface area contributed by atoms with Crippen molar-refractivity contribution in [2.75, 3.05) is 26.9 Å². The van der Waals surface area contributed by atoms with E-state index in [4.69, 9.17) is 24.1 Å². The Morgan fingerprint density at radius 1 is 1.34 bits per heavy atom. The summed E-state index contributed by atoms with van der Waals surface area (Å²) in [6, 6.07) is 0.406. The van der Waals surface area contributed by atoms with E-state index in [9.17, 15) is 19.5 Å². The Morgan fingerprint density at radius 3 is 2.63 bits per heavy atom. The molecule has 0 aliphatic carbocycles. The zero-order valence-electron chi connectivity index (χ0n) is 21.1. The average molecular weight is 499 g/mol. The first-order valence-corrected chi connectivity index (χ1v) is 11.8. The van der Waals surface area contributed by atoms with Crippen molar-refractivity contribution in [2.45, 2.75) is 71.6 Å². The van der Waals surface area contributed by atoms with Crippen molar-refractivity contribution in [2.24, 2.45) is 5.92 Å². The smallest absolute Gasteiger partial charge is 0.331 e. The SMILES string of the molecule is CC(C)C(=O)O.CCCCOC1CCOC[C@H](NC(=O)c2nccc(OC)c2O)C(=O)OC(C)C1. The van der Waals surface area contributed by atoms with Gasteiger partial charge in [0.1, 0.15) is 6.10 Å². The van der Waals surface area contributed by atoms with Crippen LogP contribution in [-0.2, 0) is 23.8 Å². The molecule has 3 atom stereocenters. The Balaban J connectivity index is 0.000000905. The lowest BCUT2D eigenvalue weighted by Crippen LogP contribution is -2.47. The molecule has 198 valence electrons. The lowest BCUT2D eigenvalue weighted by molar-refractivity contribution is -0.155. The van der Waals surface area contributed by atoms with Crippen LogP contribution in [0.1, 0.15) is 63.9 Å². The van der Waals surface area contributed by atoms with Gasteiger partial charge in [0.05, 0.1) is 25.7 Å². The van der Waals surface area contributed by atoms with Crippen molar-refractivity contribution in [3.8, 4) is 11.5 Å². The van der Waals surface area contributed by atoms with E-state index in [1.165, 1.54) is 19.4 Å². The summed E-state index contributed by atoms with van der Waals surface area (Å²) in [6.45, 7) is 8.18. The summed E-state index contributed by atoms with van der Waals surface area (Å²) in [6.07, 6.45) is 4.17. The molecule has 1 saturated heterocycles. The lowest BCUT2D eigenvalue weighted by atomic mass is 10.1. The van der Waals surface area contributed by atoms with Crippen molar-refractivity contribution >= 4 is 17.8 Å². The monoisotopic (exact) mass is 498 g/mol. The Bertz CT molecular complexity index is 816. The molecule has 3 N–H and O–H groups in total. The number of carbonyl (C=O) groups excluding carboxylic acids is 2. The first-order chi connectivity index (χ1) is 16.6. The quantitative estimate of drug-likeness (QED) is 0.360. The highest BCUT2D eigenvalue weighted by Gasteiger charge is 2.29. The average Bonchev–Trinajstić information content (AvgIpc) is 2.80. The number of carboxylic acid groups (broad SMARTS) is 1. The zero-order chi connectivity index (χ0) is 26.4. The standard InChI is InChI=1S/C20H30N2O7.C4H8O2/c1-4-5-9-28-14-7-10-27-12-15(20(25)29-13(2)11-14)22-19(24)17-18(23)16(26-3)6-8-21-17;1-3(2)4(5)6/h6,8,13-15,23H,4-5,7,9-12H2,1-3H3,(H,22,24);3H,1-2H3,(H,5,6)/t13?,14?,15-;/m0./s1. The van der Waals surface area contributed by atoms with Crippen LogP contribution in [0.2, 0.25) is 0 Å². The summed E-state index contributed by atoms with van der Waals surface area (Å²) in [4.78, 5) is 38.6. The molecule has 1 fully saturated rings. The van der Waals surface area contributed by atoms with E-state index >= 15 is 0 Å². The highest BCUT2D eigenvalue weighted by atomic mass is 16.6. The maximum atomic E-state index is 12.5. The van der Waals surface area contributed by atoms with Gasteiger partial charge in [-0.25, -0.2) is 9.78 Å². The van der Waals surface area contributed by atoms with Crippen molar-refractivity contribution in [3.63, 3.8) is 0 Å². The number of amides is 1. The fourth-order valence-electron chi connectivity index (χ4n) is 2.94. The first-order valence-electron chi connectivity index (χ1n) is 11.8. The number of ether oxygens (including phenoxy) is 4. The third-order valence-corrected chi connectivity index (χ3v) is 5.04. The summed E-state index contributed by atoms with van der Waals surface area (Å²) < 4.78 is 21.9. The highest BCUT2D eigenvalue weighted by Crippen LogP contribution is 2.27. The van der Waals surface area contributed by atoms with Gasteiger partial charge in [0.2, 0.25) is 0 Å². The summed E-state index contributed by atoms with van der Waals surface area (Å²) in [5, 5.41) is 20.6. The molecule has 0 saturated carbocycles. The van der Waals surface area contributed by atoms with Crippen LogP contribution in [-0.4, -0.2) is 78.2 Å². The minimum absolute atomic E-state index is 0.0478. The molecule has 11 heteroatoms. The molecule has 0 radical (unpaired) electrons. The van der Waals surface area contributed by atoms with Crippen LogP contribution >= 0.6 is 0 Å². The molecule has 2 rings (SSSR count). The summed E-state index contributed by atoms with van der Waals surface area (Å²) in [5.74, 6) is -2.60. The topological polar surface area (TPSA) is 154 Å². The number of nitrogens with zero attached hydrogens (tertiary/aromatic N) is 1. The summed E-state index contributed by atoms with van der Waals surface area (Å²) in [5.41, 5.74) is -0.244. The Morgan fingerprint density at radius 2 is 2.03 bits per heavy atom. The molecular weight excluding hydrogens is 460 g/mol. The van der Waals surface area contributed by atoms with Crippen molar-refractivity contribution in [1.29, 1.82) is 0 Å². The number of aliphatic carboxylic acids is 1. The zero-order valence-corrected chi connectivity index (χ0v) is 21.1. The van der Waals surface area contributed by atoms with Gasteiger partial charge >= 0.3 is 11.9 Å². The van der Waals surface area contributed by atoms with E-state index < -0.39 is 29.6 Å². The molecule has 0 bridgehead atoms. The van der Waals surface area contributed by atoms with Gasteiger partial charge in [0.15, 0.2) is 23.2 Å². The molecule has 2 heterocycles. The van der Waals surface area contributed by atoms with Crippen LogP contribution in [0.5, 0.6) is 11.5 Å². The van der Waals surface area contributed by atoms with E-state index in [2.05, 4.69) is 17.2 Å². The first kappa shape index (κ1) is 30.1. The largest absolute Gasteiger partial charge is 0.503 e. The number of rotatable bonds is 8. The van der Waals surface area contributed by atoms with Gasteiger partial charge in [-0.05, 0) is 19.8 Å².